The Labute approximate surface area is 122 Å². The summed E-state index contributed by atoms with van der Waals surface area (Å²) in [6.07, 6.45) is 2.80. The number of nitrogens with two attached hydrogens (primary N) is 1. The zero-order valence-corrected chi connectivity index (χ0v) is 12.8. The molecule has 0 aliphatic carbocycles. The zero-order chi connectivity index (χ0) is 15.0. The summed E-state index contributed by atoms with van der Waals surface area (Å²) < 4.78 is 5.38. The minimum Gasteiger partial charge on any atom is -0.463 e. The molecule has 0 aliphatic rings. The second-order valence-corrected chi connectivity index (χ2v) is 5.22. The topological polar surface area (TPSA) is 118 Å². The van der Waals surface area contributed by atoms with Gasteiger partial charge in [0.05, 0.1) is 13.2 Å². The molecule has 2 unspecified atom stereocenters. The molecule has 8 nitrogen and oxygen atoms in total. The van der Waals surface area contributed by atoms with Gasteiger partial charge in [-0.05, 0) is 19.6 Å². The molecule has 1 aromatic rings. The molecule has 20 heavy (non-hydrogen) atoms. The molecule has 1 heterocycles. The van der Waals surface area contributed by atoms with Gasteiger partial charge >= 0.3 is 6.01 Å². The molecular weight excluding hydrogens is 280 g/mol. The van der Waals surface area contributed by atoms with Crippen LogP contribution in [0.4, 0.5) is 11.9 Å². The smallest absolute Gasteiger partial charge is 0.323 e. The van der Waals surface area contributed by atoms with Gasteiger partial charge in [-0.25, -0.2) is 5.84 Å². The third-order valence-electron chi connectivity index (χ3n) is 2.58. The lowest BCUT2D eigenvalue weighted by Gasteiger charge is -2.21. The third-order valence-corrected chi connectivity index (χ3v) is 3.74. The molecule has 0 saturated heterocycles. The Morgan fingerprint density at radius 3 is 2.60 bits per heavy atom. The molecule has 1 aromatic heterocycles. The molecule has 1 rings (SSSR count). The van der Waals surface area contributed by atoms with Gasteiger partial charge < -0.3 is 15.2 Å². The first-order chi connectivity index (χ1) is 9.64. The number of anilines is 2. The summed E-state index contributed by atoms with van der Waals surface area (Å²) in [5.74, 6) is 5.92. The minimum atomic E-state index is -0.0120. The van der Waals surface area contributed by atoms with E-state index in [2.05, 4.69) is 25.7 Å². The summed E-state index contributed by atoms with van der Waals surface area (Å²) in [6, 6.07) is 0.205. The quantitative estimate of drug-likeness (QED) is 0.381. The molecule has 0 aliphatic heterocycles. The van der Waals surface area contributed by atoms with E-state index in [1.807, 2.05) is 20.1 Å². The van der Waals surface area contributed by atoms with E-state index in [9.17, 15) is 5.11 Å². The molecule has 0 radical (unpaired) electrons. The minimum absolute atomic E-state index is 0.0120. The van der Waals surface area contributed by atoms with Crippen molar-refractivity contribution in [2.75, 3.05) is 30.2 Å². The van der Waals surface area contributed by atoms with E-state index >= 15 is 0 Å². The van der Waals surface area contributed by atoms with Crippen molar-refractivity contribution >= 4 is 23.7 Å². The van der Waals surface area contributed by atoms with Crippen LogP contribution in [0.1, 0.15) is 20.3 Å². The maximum atomic E-state index is 9.27. The second-order valence-electron chi connectivity index (χ2n) is 4.15. The highest BCUT2D eigenvalue weighted by molar-refractivity contribution is 7.99. The van der Waals surface area contributed by atoms with Crippen molar-refractivity contribution in [3.05, 3.63) is 0 Å². The molecule has 0 saturated carbocycles. The van der Waals surface area contributed by atoms with Crippen LogP contribution in [0.25, 0.3) is 0 Å². The fourth-order valence-corrected chi connectivity index (χ4v) is 2.10. The number of aromatic nitrogens is 3. The molecule has 9 heteroatoms. The van der Waals surface area contributed by atoms with Crippen molar-refractivity contribution in [1.82, 2.24) is 15.0 Å². The van der Waals surface area contributed by atoms with Crippen molar-refractivity contribution in [3.63, 3.8) is 0 Å². The number of hydrazine groups is 1. The summed E-state index contributed by atoms with van der Waals surface area (Å²) in [5, 5.41) is 12.4. The van der Waals surface area contributed by atoms with Crippen molar-refractivity contribution in [1.29, 1.82) is 0 Å². The van der Waals surface area contributed by atoms with Crippen LogP contribution in [0.5, 0.6) is 6.01 Å². The second kappa shape index (κ2) is 8.77. The highest BCUT2D eigenvalue weighted by atomic mass is 32.2. The molecule has 0 spiro atoms. The lowest BCUT2D eigenvalue weighted by molar-refractivity contribution is 0.287. The highest BCUT2D eigenvalue weighted by Crippen LogP contribution is 2.16. The molecule has 0 aromatic carbocycles. The number of hydrogen-bond donors (Lipinski definition) is 4. The summed E-state index contributed by atoms with van der Waals surface area (Å²) in [7, 11) is 0. The van der Waals surface area contributed by atoms with Gasteiger partial charge in [-0.1, -0.05) is 6.92 Å². The fourth-order valence-electron chi connectivity index (χ4n) is 1.48. The standard InChI is InChI=1S/C11H22N6O2S/c1-4-5-19-11-15-9(14-10(16-11)17-12)13-7(2)8(6-18)20-3/h7-8,18H,4-6,12H2,1-3H3,(H2,13,14,15,16,17). The lowest BCUT2D eigenvalue weighted by Crippen LogP contribution is -2.32. The van der Waals surface area contributed by atoms with Crippen LogP contribution in [0.3, 0.4) is 0 Å². The zero-order valence-electron chi connectivity index (χ0n) is 12.0. The maximum Gasteiger partial charge on any atom is 0.323 e. The number of thioether (sulfide) groups is 1. The van der Waals surface area contributed by atoms with Crippen LogP contribution in [0, 0.1) is 0 Å². The summed E-state index contributed by atoms with van der Waals surface area (Å²) in [5.41, 5.74) is 2.38. The average molecular weight is 302 g/mol. The molecule has 114 valence electrons. The number of aliphatic hydroxyl groups is 1. The van der Waals surface area contributed by atoms with Gasteiger partial charge in [-0.2, -0.15) is 26.7 Å². The van der Waals surface area contributed by atoms with Crippen molar-refractivity contribution in [3.8, 4) is 6.01 Å². The summed E-state index contributed by atoms with van der Waals surface area (Å²) in [6.45, 7) is 4.53. The normalized spacial score (nSPS) is 13.7. The first-order valence-corrected chi connectivity index (χ1v) is 7.69. The van der Waals surface area contributed by atoms with E-state index < -0.39 is 0 Å². The lowest BCUT2D eigenvalue weighted by atomic mass is 10.2. The maximum absolute atomic E-state index is 9.27. The monoisotopic (exact) mass is 302 g/mol. The number of nitrogens with zero attached hydrogens (tertiary/aromatic N) is 3. The Morgan fingerprint density at radius 2 is 2.05 bits per heavy atom. The van der Waals surface area contributed by atoms with E-state index in [-0.39, 0.29) is 29.9 Å². The SMILES string of the molecule is CCCOc1nc(NN)nc(NC(C)C(CO)SC)n1. The number of ether oxygens (including phenoxy) is 1. The van der Waals surface area contributed by atoms with Crippen LogP contribution in [0.2, 0.25) is 0 Å². The predicted molar refractivity (Wildman–Crippen MR) is 80.9 cm³/mol. The fraction of sp³-hybridized carbons (Fsp3) is 0.727. The number of rotatable bonds is 9. The van der Waals surface area contributed by atoms with Crippen molar-refractivity contribution in [2.24, 2.45) is 5.84 Å². The Balaban J connectivity index is 2.82. The van der Waals surface area contributed by atoms with Crippen LogP contribution in [-0.4, -0.2) is 50.8 Å². The molecule has 0 bridgehead atoms. The number of nitrogens with one attached hydrogen (secondary N) is 2. The van der Waals surface area contributed by atoms with Crippen LogP contribution in [0.15, 0.2) is 0 Å². The Bertz CT molecular complexity index is 404. The predicted octanol–water partition coefficient (Wildman–Crippen LogP) is 0.470. The van der Waals surface area contributed by atoms with E-state index in [1.54, 1.807) is 11.8 Å². The van der Waals surface area contributed by atoms with Gasteiger partial charge in [0.2, 0.25) is 11.9 Å². The number of hydrogen-bond acceptors (Lipinski definition) is 9. The van der Waals surface area contributed by atoms with E-state index in [4.69, 9.17) is 10.6 Å². The van der Waals surface area contributed by atoms with Crippen LogP contribution in [-0.2, 0) is 0 Å². The Hall–Kier alpha value is -1.32. The summed E-state index contributed by atoms with van der Waals surface area (Å²) in [4.78, 5) is 12.3. The molecule has 0 fully saturated rings. The van der Waals surface area contributed by atoms with Crippen molar-refractivity contribution in [2.45, 2.75) is 31.6 Å². The molecular formula is C11H22N6O2S. The largest absolute Gasteiger partial charge is 0.463 e. The van der Waals surface area contributed by atoms with Crippen molar-refractivity contribution < 1.29 is 9.84 Å². The first-order valence-electron chi connectivity index (χ1n) is 6.40. The van der Waals surface area contributed by atoms with Gasteiger partial charge in [-0.15, -0.1) is 0 Å². The van der Waals surface area contributed by atoms with Gasteiger partial charge in [0, 0.05) is 11.3 Å². The van der Waals surface area contributed by atoms with Gasteiger partial charge in [0.1, 0.15) is 0 Å². The van der Waals surface area contributed by atoms with Gasteiger partial charge in [0.15, 0.2) is 0 Å². The first kappa shape index (κ1) is 16.7. The average Bonchev–Trinajstić information content (AvgIpc) is 2.46. The third kappa shape index (κ3) is 4.99. The Morgan fingerprint density at radius 1 is 1.35 bits per heavy atom. The van der Waals surface area contributed by atoms with Crippen LogP contribution < -0.4 is 21.3 Å². The molecule has 2 atom stereocenters. The van der Waals surface area contributed by atoms with Gasteiger partial charge in [-0.3, -0.25) is 5.43 Å². The van der Waals surface area contributed by atoms with E-state index in [0.717, 1.165) is 6.42 Å². The number of nitrogen functional groups attached to an aromatic ring is 1. The molecule has 0 amide bonds. The van der Waals surface area contributed by atoms with Gasteiger partial charge in [0.25, 0.3) is 0 Å². The molecule has 5 N–H and O–H groups in total. The van der Waals surface area contributed by atoms with E-state index in [1.165, 1.54) is 0 Å². The van der Waals surface area contributed by atoms with Crippen LogP contribution >= 0.6 is 11.8 Å². The van der Waals surface area contributed by atoms with E-state index in [0.29, 0.717) is 12.6 Å². The number of aliphatic hydroxyl groups excluding tert-OH is 1. The summed E-state index contributed by atoms with van der Waals surface area (Å²) >= 11 is 1.57. The highest BCUT2D eigenvalue weighted by Gasteiger charge is 2.17. The Kier molecular flexibility index (Phi) is 7.34.